The molecule has 0 aliphatic carbocycles. The summed E-state index contributed by atoms with van der Waals surface area (Å²) in [5.74, 6) is 1.21. The van der Waals surface area contributed by atoms with Crippen LogP contribution in [0, 0.1) is 10.1 Å². The highest BCUT2D eigenvalue weighted by molar-refractivity contribution is 5.46. The van der Waals surface area contributed by atoms with E-state index in [1.54, 1.807) is 12.3 Å². The molecule has 3 heterocycles. The van der Waals surface area contributed by atoms with Gasteiger partial charge in [0.1, 0.15) is 12.0 Å². The zero-order valence-corrected chi connectivity index (χ0v) is 9.48. The van der Waals surface area contributed by atoms with Crippen LogP contribution in [0.3, 0.4) is 0 Å². The Morgan fingerprint density at radius 2 is 2.22 bits per heavy atom. The van der Waals surface area contributed by atoms with Crippen LogP contribution in [0.2, 0.25) is 0 Å². The summed E-state index contributed by atoms with van der Waals surface area (Å²) in [6.45, 7) is 1.71. The highest BCUT2D eigenvalue weighted by Gasteiger charge is 2.30. The summed E-state index contributed by atoms with van der Waals surface area (Å²) in [5, 5.41) is 17.4. The fraction of sp³-hybridized carbons (Fsp3) is 0.273. The minimum atomic E-state index is -0.444. The third-order valence-electron chi connectivity index (χ3n) is 3.11. The Kier molecular flexibility index (Phi) is 2.44. The quantitative estimate of drug-likeness (QED) is 0.650. The zero-order chi connectivity index (χ0) is 12.5. The van der Waals surface area contributed by atoms with Crippen LogP contribution in [-0.4, -0.2) is 33.2 Å². The molecule has 1 N–H and O–H groups in total. The maximum atomic E-state index is 10.5. The minimum absolute atomic E-state index is 0.0180. The summed E-state index contributed by atoms with van der Waals surface area (Å²) in [6.07, 6.45) is 3.03. The van der Waals surface area contributed by atoms with Crippen LogP contribution < -0.4 is 4.90 Å². The van der Waals surface area contributed by atoms with Gasteiger partial charge in [0, 0.05) is 37.0 Å². The molecule has 2 aromatic heterocycles. The number of aromatic amines is 1. The maximum Gasteiger partial charge on any atom is 0.287 e. The molecule has 92 valence electrons. The lowest BCUT2D eigenvalue weighted by Gasteiger charge is -2.39. The molecule has 1 aliphatic rings. The van der Waals surface area contributed by atoms with Crippen LogP contribution in [0.25, 0.3) is 0 Å². The van der Waals surface area contributed by atoms with Gasteiger partial charge in [-0.15, -0.1) is 0 Å². The molecule has 0 unspecified atom stereocenters. The first-order valence-corrected chi connectivity index (χ1v) is 5.58. The van der Waals surface area contributed by atoms with Gasteiger partial charge >= 0.3 is 0 Å². The molecule has 0 spiro atoms. The topological polar surface area (TPSA) is 88.0 Å². The first kappa shape index (κ1) is 10.7. The predicted molar refractivity (Wildman–Crippen MR) is 64.4 cm³/mol. The summed E-state index contributed by atoms with van der Waals surface area (Å²) in [7, 11) is 0. The second-order valence-electron chi connectivity index (χ2n) is 4.25. The average molecular weight is 245 g/mol. The Morgan fingerprint density at radius 1 is 1.39 bits per heavy atom. The second-order valence-corrected chi connectivity index (χ2v) is 4.25. The number of hydrogen-bond acceptors (Lipinski definition) is 5. The lowest BCUT2D eigenvalue weighted by Crippen LogP contribution is -2.45. The first-order valence-electron chi connectivity index (χ1n) is 5.58. The third-order valence-corrected chi connectivity index (χ3v) is 3.11. The summed E-state index contributed by atoms with van der Waals surface area (Å²) >= 11 is 0. The summed E-state index contributed by atoms with van der Waals surface area (Å²) in [5.41, 5.74) is 1.14. The molecule has 0 saturated carbocycles. The van der Waals surface area contributed by atoms with E-state index in [4.69, 9.17) is 0 Å². The number of nitrogens with one attached hydrogen (secondary N) is 1. The molecule has 2 aromatic rings. The molecule has 18 heavy (non-hydrogen) atoms. The third kappa shape index (κ3) is 1.79. The molecule has 0 bridgehead atoms. The van der Waals surface area contributed by atoms with Gasteiger partial charge in [-0.3, -0.25) is 15.2 Å². The molecular formula is C11H11N5O2. The normalized spacial score (nSPS) is 15.4. The highest BCUT2D eigenvalue weighted by Crippen LogP contribution is 2.29. The Bertz CT molecular complexity index is 545. The van der Waals surface area contributed by atoms with Gasteiger partial charge < -0.3 is 4.90 Å². The summed E-state index contributed by atoms with van der Waals surface area (Å²) < 4.78 is 0. The van der Waals surface area contributed by atoms with E-state index in [1.165, 1.54) is 12.3 Å². The molecule has 0 radical (unpaired) electrons. The van der Waals surface area contributed by atoms with Crippen molar-refractivity contribution in [1.29, 1.82) is 0 Å². The van der Waals surface area contributed by atoms with E-state index >= 15 is 0 Å². The Hall–Kier alpha value is -2.44. The van der Waals surface area contributed by atoms with E-state index in [9.17, 15) is 10.1 Å². The minimum Gasteiger partial charge on any atom is -0.355 e. The van der Waals surface area contributed by atoms with Crippen molar-refractivity contribution in [3.63, 3.8) is 0 Å². The number of nitrogens with zero attached hydrogens (tertiary/aromatic N) is 4. The van der Waals surface area contributed by atoms with E-state index in [2.05, 4.69) is 20.1 Å². The van der Waals surface area contributed by atoms with Crippen LogP contribution in [0.5, 0.6) is 0 Å². The van der Waals surface area contributed by atoms with Crippen molar-refractivity contribution in [2.75, 3.05) is 18.0 Å². The molecule has 7 nitrogen and oxygen atoms in total. The fourth-order valence-corrected chi connectivity index (χ4v) is 2.03. The van der Waals surface area contributed by atoms with Crippen LogP contribution in [0.4, 0.5) is 11.5 Å². The molecule has 0 atom stereocenters. The van der Waals surface area contributed by atoms with Gasteiger partial charge in [-0.25, -0.2) is 4.98 Å². The first-order chi connectivity index (χ1) is 8.74. The van der Waals surface area contributed by atoms with E-state index < -0.39 is 4.92 Å². The number of anilines is 1. The van der Waals surface area contributed by atoms with Gasteiger partial charge in [-0.1, -0.05) is 0 Å². The smallest absolute Gasteiger partial charge is 0.287 e. The van der Waals surface area contributed by atoms with Gasteiger partial charge in [-0.05, 0) is 12.1 Å². The molecule has 0 amide bonds. The Morgan fingerprint density at radius 3 is 2.78 bits per heavy atom. The molecule has 3 rings (SSSR count). The number of aromatic nitrogens is 3. The number of rotatable bonds is 3. The summed E-state index contributed by atoms with van der Waals surface area (Å²) in [6, 6.07) is 5.12. The fourth-order valence-electron chi connectivity index (χ4n) is 2.03. The van der Waals surface area contributed by atoms with Crippen LogP contribution in [0.15, 0.2) is 30.6 Å². The maximum absolute atomic E-state index is 10.5. The standard InChI is InChI=1S/C11H11N5O2/c17-16(18)9-1-2-11(12-5-9)15-6-8(7-15)10-3-4-13-14-10/h1-5,8H,6-7H2,(H,13,14). The van der Waals surface area contributed by atoms with Crippen molar-refractivity contribution in [2.24, 2.45) is 0 Å². The molecular weight excluding hydrogens is 234 g/mol. The van der Waals surface area contributed by atoms with Crippen molar-refractivity contribution in [1.82, 2.24) is 15.2 Å². The number of hydrogen-bond donors (Lipinski definition) is 1. The van der Waals surface area contributed by atoms with E-state index in [0.717, 1.165) is 24.6 Å². The van der Waals surface area contributed by atoms with Crippen molar-refractivity contribution in [3.8, 4) is 0 Å². The van der Waals surface area contributed by atoms with E-state index in [1.807, 2.05) is 6.07 Å². The molecule has 7 heteroatoms. The van der Waals surface area contributed by atoms with Crippen LogP contribution >= 0.6 is 0 Å². The van der Waals surface area contributed by atoms with Crippen LogP contribution in [0.1, 0.15) is 11.6 Å². The van der Waals surface area contributed by atoms with Crippen molar-refractivity contribution in [2.45, 2.75) is 5.92 Å². The lowest BCUT2D eigenvalue weighted by atomic mass is 9.96. The number of nitro groups is 1. The highest BCUT2D eigenvalue weighted by atomic mass is 16.6. The van der Waals surface area contributed by atoms with Gasteiger partial charge in [0.05, 0.1) is 4.92 Å². The molecule has 1 aliphatic heterocycles. The Labute approximate surface area is 103 Å². The van der Waals surface area contributed by atoms with Crippen molar-refractivity contribution in [3.05, 3.63) is 46.4 Å². The second kappa shape index (κ2) is 4.10. The lowest BCUT2D eigenvalue weighted by molar-refractivity contribution is -0.385. The zero-order valence-electron chi connectivity index (χ0n) is 9.48. The Balaban J connectivity index is 1.66. The van der Waals surface area contributed by atoms with Crippen LogP contribution in [-0.2, 0) is 0 Å². The number of H-pyrrole nitrogens is 1. The van der Waals surface area contributed by atoms with Gasteiger partial charge in [0.25, 0.3) is 5.69 Å². The van der Waals surface area contributed by atoms with Crippen molar-refractivity contribution < 1.29 is 4.92 Å². The van der Waals surface area contributed by atoms with Gasteiger partial charge in [0.15, 0.2) is 0 Å². The van der Waals surface area contributed by atoms with E-state index in [-0.39, 0.29) is 5.69 Å². The van der Waals surface area contributed by atoms with Gasteiger partial charge in [-0.2, -0.15) is 5.10 Å². The monoisotopic (exact) mass is 245 g/mol. The summed E-state index contributed by atoms with van der Waals surface area (Å²) in [4.78, 5) is 16.2. The molecule has 0 aromatic carbocycles. The SMILES string of the molecule is O=[N+]([O-])c1ccc(N2CC(c3ccn[nH]3)C2)nc1. The average Bonchev–Trinajstić information content (AvgIpc) is 2.81. The van der Waals surface area contributed by atoms with E-state index in [0.29, 0.717) is 5.92 Å². The predicted octanol–water partition coefficient (Wildman–Crippen LogP) is 1.32. The van der Waals surface area contributed by atoms with Crippen molar-refractivity contribution >= 4 is 11.5 Å². The largest absolute Gasteiger partial charge is 0.355 e. The van der Waals surface area contributed by atoms with Gasteiger partial charge in [0.2, 0.25) is 0 Å². The molecule has 1 fully saturated rings. The number of pyridine rings is 1. The molecule has 1 saturated heterocycles.